The van der Waals surface area contributed by atoms with Crippen LogP contribution in [-0.4, -0.2) is 72.6 Å². The number of aliphatic hydroxyl groups is 1. The van der Waals surface area contributed by atoms with Gasteiger partial charge in [0.25, 0.3) is 5.91 Å². The molecule has 208 valence electrons. The summed E-state index contributed by atoms with van der Waals surface area (Å²) >= 11 is 12.3. The minimum absolute atomic E-state index is 0.130. The molecule has 2 aromatic carbocycles. The van der Waals surface area contributed by atoms with Gasteiger partial charge < -0.3 is 14.6 Å². The van der Waals surface area contributed by atoms with Gasteiger partial charge in [-0.1, -0.05) is 35.3 Å². The van der Waals surface area contributed by atoms with Crippen LogP contribution in [0.25, 0.3) is 0 Å². The number of carbonyl (C=O) groups is 1. The standard InChI is InChI=1S/C30H34Cl2N2O5/c1-37-25-8-4-17-13-23-19-5-7-22(34(38-2)26(36)12-16-3-6-20(31)21(32)11-16)29-30(19,27(17)28(25)39-29)9-10-33(23)15-18-14-24(18)35/h3-4,6,8,11,18-19,22-24,29,35H,5,7,9-10,12-15H2,1-2H3/t18?,19-,22-,23+,24?,29-,30-/m0/s1. The number of carbonyl (C=O) groups excluding carboxylic acids is 1. The predicted molar refractivity (Wildman–Crippen MR) is 147 cm³/mol. The topological polar surface area (TPSA) is 71.5 Å². The van der Waals surface area contributed by atoms with Gasteiger partial charge in [0.15, 0.2) is 11.5 Å². The number of methoxy groups -OCH3 is 1. The SMILES string of the molecule is COc1ccc2c3c1O[C@H]1[C@@H](N(OC)C(=O)Cc4ccc(Cl)c(Cl)c4)CC[C@H]4[C@@H](C2)N(CC2CC2O)CC[C@@]341. The van der Waals surface area contributed by atoms with E-state index in [1.807, 2.05) is 12.1 Å². The summed E-state index contributed by atoms with van der Waals surface area (Å²) in [7, 11) is 3.26. The summed E-state index contributed by atoms with van der Waals surface area (Å²) in [5.41, 5.74) is 3.19. The van der Waals surface area contributed by atoms with Crippen LogP contribution in [0.15, 0.2) is 30.3 Å². The normalized spacial score (nSPS) is 33.8. The number of benzene rings is 2. The van der Waals surface area contributed by atoms with Crippen molar-refractivity contribution in [2.45, 2.75) is 68.2 Å². The highest BCUT2D eigenvalue weighted by molar-refractivity contribution is 6.42. The van der Waals surface area contributed by atoms with Crippen LogP contribution in [0.5, 0.6) is 11.5 Å². The van der Waals surface area contributed by atoms with Gasteiger partial charge in [-0.05, 0) is 73.9 Å². The molecule has 39 heavy (non-hydrogen) atoms. The number of hydrogen-bond donors (Lipinski definition) is 1. The minimum Gasteiger partial charge on any atom is -0.493 e. The Morgan fingerprint density at radius 2 is 2.03 bits per heavy atom. The van der Waals surface area contributed by atoms with E-state index in [1.54, 1.807) is 31.4 Å². The van der Waals surface area contributed by atoms with Crippen molar-refractivity contribution in [3.63, 3.8) is 0 Å². The Labute approximate surface area is 238 Å². The van der Waals surface area contributed by atoms with Gasteiger partial charge in [-0.2, -0.15) is 0 Å². The molecule has 2 aliphatic heterocycles. The lowest BCUT2D eigenvalue weighted by molar-refractivity contribution is -0.212. The van der Waals surface area contributed by atoms with Gasteiger partial charge in [0.2, 0.25) is 0 Å². The van der Waals surface area contributed by atoms with Crippen molar-refractivity contribution in [2.24, 2.45) is 11.8 Å². The Kier molecular flexibility index (Phi) is 6.32. The van der Waals surface area contributed by atoms with Crippen LogP contribution in [0.4, 0.5) is 0 Å². The fourth-order valence-electron chi connectivity index (χ4n) is 8.27. The van der Waals surface area contributed by atoms with Crippen molar-refractivity contribution in [1.29, 1.82) is 0 Å². The molecule has 0 radical (unpaired) electrons. The van der Waals surface area contributed by atoms with Crippen LogP contribution in [0.1, 0.15) is 42.4 Å². The largest absolute Gasteiger partial charge is 0.493 e. The number of hydrogen-bond acceptors (Lipinski definition) is 6. The number of rotatable bonds is 7. The van der Waals surface area contributed by atoms with Crippen LogP contribution < -0.4 is 9.47 Å². The summed E-state index contributed by atoms with van der Waals surface area (Å²) in [5, 5.41) is 12.5. The Hall–Kier alpha value is -2.03. The second-order valence-corrected chi connectivity index (χ2v) is 12.7. The van der Waals surface area contributed by atoms with Crippen molar-refractivity contribution in [2.75, 3.05) is 27.3 Å². The molecule has 1 saturated heterocycles. The second kappa shape index (κ2) is 9.52. The summed E-state index contributed by atoms with van der Waals surface area (Å²) in [5.74, 6) is 2.27. The molecule has 2 saturated carbocycles. The van der Waals surface area contributed by atoms with E-state index in [-0.39, 0.29) is 36.0 Å². The molecular formula is C30H34Cl2N2O5. The Balaban J connectivity index is 1.24. The number of aliphatic hydroxyl groups excluding tert-OH is 1. The summed E-state index contributed by atoms with van der Waals surface area (Å²) < 4.78 is 12.7. The zero-order chi connectivity index (χ0) is 27.1. The average Bonchev–Trinajstić information content (AvgIpc) is 3.50. The molecule has 0 aromatic heterocycles. The van der Waals surface area contributed by atoms with E-state index in [2.05, 4.69) is 11.0 Å². The molecule has 5 aliphatic rings. The number of ether oxygens (including phenoxy) is 2. The van der Waals surface area contributed by atoms with Gasteiger partial charge in [-0.15, -0.1) is 0 Å². The molecule has 3 fully saturated rings. The number of nitrogens with zero attached hydrogens (tertiary/aromatic N) is 2. The van der Waals surface area contributed by atoms with Crippen molar-refractivity contribution in [1.82, 2.24) is 9.96 Å². The van der Waals surface area contributed by atoms with Gasteiger partial charge in [-0.3, -0.25) is 14.5 Å². The van der Waals surface area contributed by atoms with Crippen molar-refractivity contribution in [3.05, 3.63) is 57.1 Å². The molecule has 2 heterocycles. The van der Waals surface area contributed by atoms with Gasteiger partial charge in [0.1, 0.15) is 6.10 Å². The summed E-state index contributed by atoms with van der Waals surface area (Å²) in [6.07, 6.45) is 4.39. The van der Waals surface area contributed by atoms with Crippen LogP contribution in [-0.2, 0) is 27.9 Å². The average molecular weight is 574 g/mol. The van der Waals surface area contributed by atoms with Crippen LogP contribution in [0.2, 0.25) is 10.0 Å². The first-order valence-corrected chi connectivity index (χ1v) is 14.7. The van der Waals surface area contributed by atoms with Crippen molar-refractivity contribution in [3.8, 4) is 11.5 Å². The van der Waals surface area contributed by atoms with E-state index in [1.165, 1.54) is 11.1 Å². The Morgan fingerprint density at radius 3 is 2.74 bits per heavy atom. The third-order valence-electron chi connectivity index (χ3n) is 10.0. The van der Waals surface area contributed by atoms with E-state index < -0.39 is 0 Å². The van der Waals surface area contributed by atoms with Crippen LogP contribution >= 0.6 is 23.2 Å². The van der Waals surface area contributed by atoms with E-state index in [0.29, 0.717) is 27.9 Å². The van der Waals surface area contributed by atoms with E-state index >= 15 is 0 Å². The first-order chi connectivity index (χ1) is 18.8. The molecule has 2 aromatic rings. The lowest BCUT2D eigenvalue weighted by atomic mass is 9.51. The van der Waals surface area contributed by atoms with Crippen molar-refractivity contribution >= 4 is 29.1 Å². The molecule has 2 bridgehead atoms. The molecule has 7 rings (SSSR count). The highest BCUT2D eigenvalue weighted by Crippen LogP contribution is 2.64. The highest BCUT2D eigenvalue weighted by atomic mass is 35.5. The molecule has 7 atom stereocenters. The quantitative estimate of drug-likeness (QED) is 0.495. The summed E-state index contributed by atoms with van der Waals surface area (Å²) in [4.78, 5) is 22.1. The predicted octanol–water partition coefficient (Wildman–Crippen LogP) is 4.42. The maximum Gasteiger partial charge on any atom is 0.250 e. The van der Waals surface area contributed by atoms with E-state index in [0.717, 1.165) is 62.3 Å². The third-order valence-corrected chi connectivity index (χ3v) is 10.8. The maximum absolute atomic E-state index is 13.7. The highest BCUT2D eigenvalue weighted by Gasteiger charge is 2.67. The first kappa shape index (κ1) is 25.9. The zero-order valence-corrected chi connectivity index (χ0v) is 23.8. The fourth-order valence-corrected chi connectivity index (χ4v) is 8.59. The molecule has 9 heteroatoms. The molecule has 1 amide bonds. The smallest absolute Gasteiger partial charge is 0.250 e. The Morgan fingerprint density at radius 1 is 1.21 bits per heavy atom. The number of hydroxylamine groups is 2. The maximum atomic E-state index is 13.7. The third kappa shape index (κ3) is 3.91. The number of amides is 1. The van der Waals surface area contributed by atoms with Gasteiger partial charge in [0, 0.05) is 29.5 Å². The van der Waals surface area contributed by atoms with E-state index in [4.69, 9.17) is 37.5 Å². The molecule has 7 nitrogen and oxygen atoms in total. The van der Waals surface area contributed by atoms with Crippen LogP contribution in [0, 0.1) is 11.8 Å². The molecule has 1 spiro atoms. The second-order valence-electron chi connectivity index (χ2n) is 11.9. The zero-order valence-electron chi connectivity index (χ0n) is 22.2. The lowest BCUT2D eigenvalue weighted by Gasteiger charge is -2.60. The van der Waals surface area contributed by atoms with Crippen molar-refractivity contribution < 1.29 is 24.2 Å². The molecular weight excluding hydrogens is 539 g/mol. The minimum atomic E-state index is -0.234. The van der Waals surface area contributed by atoms with E-state index in [9.17, 15) is 9.90 Å². The lowest BCUT2D eigenvalue weighted by Crippen LogP contribution is -2.69. The summed E-state index contributed by atoms with van der Waals surface area (Å²) in [6.45, 7) is 1.91. The number of piperidine rings is 1. The monoisotopic (exact) mass is 572 g/mol. The number of likely N-dealkylation sites (tertiary alicyclic amines) is 1. The van der Waals surface area contributed by atoms with Gasteiger partial charge in [-0.25, -0.2) is 5.06 Å². The Bertz CT molecular complexity index is 1320. The molecule has 1 N–H and O–H groups in total. The van der Waals surface area contributed by atoms with Gasteiger partial charge in [0.05, 0.1) is 42.8 Å². The first-order valence-electron chi connectivity index (χ1n) is 13.9. The number of halogens is 2. The molecule has 3 aliphatic carbocycles. The van der Waals surface area contributed by atoms with Crippen LogP contribution in [0.3, 0.4) is 0 Å². The fraction of sp³-hybridized carbons (Fsp3) is 0.567. The molecule has 2 unspecified atom stereocenters. The van der Waals surface area contributed by atoms with Gasteiger partial charge >= 0.3 is 0 Å². The summed E-state index contributed by atoms with van der Waals surface area (Å²) in [6, 6.07) is 9.67.